The van der Waals surface area contributed by atoms with Crippen molar-refractivity contribution in [3.05, 3.63) is 30.1 Å². The highest BCUT2D eigenvalue weighted by molar-refractivity contribution is 5.74. The highest BCUT2D eigenvalue weighted by Gasteiger charge is 2.40. The molecule has 1 aromatic rings. The largest absolute Gasteiger partial charge is 0.481 e. The second-order valence-corrected chi connectivity index (χ2v) is 5.79. The number of aliphatic carboxylic acids is 1. The Morgan fingerprint density at radius 3 is 2.75 bits per heavy atom. The van der Waals surface area contributed by atoms with E-state index in [-0.39, 0.29) is 0 Å². The molecule has 4 heteroatoms. The van der Waals surface area contributed by atoms with Gasteiger partial charge in [-0.05, 0) is 50.4 Å². The van der Waals surface area contributed by atoms with E-state index in [1.807, 2.05) is 12.3 Å². The van der Waals surface area contributed by atoms with Gasteiger partial charge in [0.2, 0.25) is 0 Å². The zero-order chi connectivity index (χ0) is 14.4. The van der Waals surface area contributed by atoms with Gasteiger partial charge in [0.25, 0.3) is 0 Å². The van der Waals surface area contributed by atoms with Gasteiger partial charge >= 0.3 is 5.97 Å². The summed E-state index contributed by atoms with van der Waals surface area (Å²) >= 11 is 0. The molecule has 20 heavy (non-hydrogen) atoms. The Kier molecular flexibility index (Phi) is 5.12. The van der Waals surface area contributed by atoms with Gasteiger partial charge in [0.15, 0.2) is 0 Å². The molecule has 0 unspecified atom stereocenters. The highest BCUT2D eigenvalue weighted by atomic mass is 16.4. The van der Waals surface area contributed by atoms with Crippen LogP contribution in [-0.2, 0) is 11.2 Å². The minimum atomic E-state index is -0.605. The molecule has 0 atom stereocenters. The summed E-state index contributed by atoms with van der Waals surface area (Å²) in [4.78, 5) is 18.0. The summed E-state index contributed by atoms with van der Waals surface area (Å²) in [5.74, 6) is -0.605. The van der Waals surface area contributed by atoms with Crippen LogP contribution < -0.4 is 0 Å². The predicted octanol–water partition coefficient (Wildman–Crippen LogP) is 2.59. The molecule has 2 heterocycles. The number of carboxylic acids is 1. The first-order valence-corrected chi connectivity index (χ1v) is 7.51. The van der Waals surface area contributed by atoms with Crippen molar-refractivity contribution >= 4 is 5.97 Å². The van der Waals surface area contributed by atoms with E-state index in [1.54, 1.807) is 6.20 Å². The second-order valence-electron chi connectivity index (χ2n) is 5.79. The van der Waals surface area contributed by atoms with Crippen LogP contribution >= 0.6 is 0 Å². The molecule has 110 valence electrons. The van der Waals surface area contributed by atoms with Crippen molar-refractivity contribution in [1.29, 1.82) is 0 Å². The van der Waals surface area contributed by atoms with Gasteiger partial charge in [-0.2, -0.15) is 0 Å². The monoisotopic (exact) mass is 276 g/mol. The number of carboxylic acid groups (broad SMARTS) is 1. The van der Waals surface area contributed by atoms with Crippen LogP contribution in [0.15, 0.2) is 24.5 Å². The first-order valence-electron chi connectivity index (χ1n) is 7.51. The maximum absolute atomic E-state index is 11.5. The molecule has 0 bridgehead atoms. The van der Waals surface area contributed by atoms with Crippen molar-refractivity contribution in [2.75, 3.05) is 19.6 Å². The zero-order valence-corrected chi connectivity index (χ0v) is 12.2. The smallest absolute Gasteiger partial charge is 0.309 e. The van der Waals surface area contributed by atoms with Crippen molar-refractivity contribution in [1.82, 2.24) is 9.88 Å². The third kappa shape index (κ3) is 3.57. The number of rotatable bonds is 6. The summed E-state index contributed by atoms with van der Waals surface area (Å²) in [5, 5.41) is 9.49. The van der Waals surface area contributed by atoms with Crippen LogP contribution in [0.1, 0.15) is 38.2 Å². The van der Waals surface area contributed by atoms with Crippen LogP contribution in [0.25, 0.3) is 0 Å². The van der Waals surface area contributed by atoms with Crippen molar-refractivity contribution in [2.45, 2.75) is 39.0 Å². The summed E-state index contributed by atoms with van der Waals surface area (Å²) < 4.78 is 0. The van der Waals surface area contributed by atoms with E-state index in [0.29, 0.717) is 0 Å². The summed E-state index contributed by atoms with van der Waals surface area (Å²) in [6, 6.07) is 4.05. The van der Waals surface area contributed by atoms with Gasteiger partial charge in [-0.15, -0.1) is 0 Å². The summed E-state index contributed by atoms with van der Waals surface area (Å²) in [7, 11) is 0. The van der Waals surface area contributed by atoms with E-state index < -0.39 is 11.4 Å². The van der Waals surface area contributed by atoms with Crippen molar-refractivity contribution in [3.63, 3.8) is 0 Å². The molecule has 0 amide bonds. The molecule has 1 aliphatic heterocycles. The lowest BCUT2D eigenvalue weighted by Crippen LogP contribution is -2.44. The molecule has 1 fully saturated rings. The molecule has 1 aromatic heterocycles. The molecule has 1 N–H and O–H groups in total. The topological polar surface area (TPSA) is 53.4 Å². The van der Waals surface area contributed by atoms with E-state index >= 15 is 0 Å². The molecule has 1 aliphatic rings. The van der Waals surface area contributed by atoms with Gasteiger partial charge in [-0.25, -0.2) is 0 Å². The maximum atomic E-state index is 11.5. The average Bonchev–Trinajstić information content (AvgIpc) is 2.48. The lowest BCUT2D eigenvalue weighted by Gasteiger charge is -2.38. The zero-order valence-electron chi connectivity index (χ0n) is 12.2. The molecule has 0 spiro atoms. The Bertz CT molecular complexity index is 425. The Morgan fingerprint density at radius 2 is 2.20 bits per heavy atom. The second kappa shape index (κ2) is 6.84. The average molecular weight is 276 g/mol. The number of aromatic nitrogens is 1. The predicted molar refractivity (Wildman–Crippen MR) is 78.6 cm³/mol. The van der Waals surface area contributed by atoms with Gasteiger partial charge in [0.05, 0.1) is 5.41 Å². The van der Waals surface area contributed by atoms with Crippen molar-refractivity contribution in [2.24, 2.45) is 5.41 Å². The maximum Gasteiger partial charge on any atom is 0.309 e. The quantitative estimate of drug-likeness (QED) is 0.867. The Labute approximate surface area is 120 Å². The fourth-order valence-electron chi connectivity index (χ4n) is 3.09. The minimum absolute atomic E-state index is 0.473. The first kappa shape index (κ1) is 15.0. The normalized spacial score (nSPS) is 18.9. The van der Waals surface area contributed by atoms with Crippen LogP contribution in [0.5, 0.6) is 0 Å². The molecule has 0 saturated carbocycles. The lowest BCUT2D eigenvalue weighted by molar-refractivity contribution is -0.152. The fraction of sp³-hybridized carbons (Fsp3) is 0.625. The number of likely N-dealkylation sites (tertiary alicyclic amines) is 1. The molecular formula is C16H24N2O2. The lowest BCUT2D eigenvalue weighted by atomic mass is 9.75. The minimum Gasteiger partial charge on any atom is -0.481 e. The van der Waals surface area contributed by atoms with Gasteiger partial charge in [-0.1, -0.05) is 19.4 Å². The van der Waals surface area contributed by atoms with Crippen LogP contribution in [0.3, 0.4) is 0 Å². The highest BCUT2D eigenvalue weighted by Crippen LogP contribution is 2.36. The standard InChI is InChI=1S/C16H24N2O2/c1-2-6-16(15(19)20)7-11-18(12-8-16)10-5-14-4-3-9-17-13-14/h3-4,9,13H,2,5-8,10-12H2,1H3,(H,19,20). The van der Waals surface area contributed by atoms with Crippen molar-refractivity contribution < 1.29 is 9.90 Å². The van der Waals surface area contributed by atoms with E-state index in [2.05, 4.69) is 22.9 Å². The third-order valence-corrected chi connectivity index (χ3v) is 4.43. The number of hydrogen-bond acceptors (Lipinski definition) is 3. The molecule has 4 nitrogen and oxygen atoms in total. The molecule has 0 radical (unpaired) electrons. The summed E-state index contributed by atoms with van der Waals surface area (Å²) in [6.45, 7) is 4.85. The van der Waals surface area contributed by atoms with E-state index in [0.717, 1.165) is 51.7 Å². The van der Waals surface area contributed by atoms with Gasteiger partial charge in [-0.3, -0.25) is 9.78 Å². The van der Waals surface area contributed by atoms with Crippen LogP contribution in [-0.4, -0.2) is 40.6 Å². The number of hydrogen-bond donors (Lipinski definition) is 1. The molecular weight excluding hydrogens is 252 g/mol. The Hall–Kier alpha value is -1.42. The van der Waals surface area contributed by atoms with Crippen LogP contribution in [0.2, 0.25) is 0 Å². The Morgan fingerprint density at radius 1 is 1.45 bits per heavy atom. The number of carbonyl (C=O) groups is 1. The van der Waals surface area contributed by atoms with Gasteiger partial charge < -0.3 is 10.0 Å². The molecule has 0 aromatic carbocycles. The van der Waals surface area contributed by atoms with Gasteiger partial charge in [0, 0.05) is 18.9 Å². The van der Waals surface area contributed by atoms with Crippen LogP contribution in [0.4, 0.5) is 0 Å². The van der Waals surface area contributed by atoms with Crippen molar-refractivity contribution in [3.8, 4) is 0 Å². The number of pyridine rings is 1. The molecule has 1 saturated heterocycles. The van der Waals surface area contributed by atoms with E-state index in [1.165, 1.54) is 5.56 Å². The SMILES string of the molecule is CCCC1(C(=O)O)CCN(CCc2cccnc2)CC1. The fourth-order valence-corrected chi connectivity index (χ4v) is 3.09. The van der Waals surface area contributed by atoms with Crippen LogP contribution in [0, 0.1) is 5.41 Å². The number of piperidine rings is 1. The summed E-state index contributed by atoms with van der Waals surface area (Å²) in [5.41, 5.74) is 0.774. The number of nitrogens with zero attached hydrogens (tertiary/aromatic N) is 2. The van der Waals surface area contributed by atoms with E-state index in [9.17, 15) is 9.90 Å². The molecule has 2 rings (SSSR count). The first-order chi connectivity index (χ1) is 9.66. The molecule has 0 aliphatic carbocycles. The van der Waals surface area contributed by atoms with Gasteiger partial charge in [0.1, 0.15) is 0 Å². The third-order valence-electron chi connectivity index (χ3n) is 4.43. The Balaban J connectivity index is 1.83. The summed E-state index contributed by atoms with van der Waals surface area (Å²) in [6.07, 6.45) is 7.99. The van der Waals surface area contributed by atoms with E-state index in [4.69, 9.17) is 0 Å².